The fourth-order valence-electron chi connectivity index (χ4n) is 3.43. The van der Waals surface area contributed by atoms with Crippen LogP contribution in [0.1, 0.15) is 16.8 Å². The largest absolute Gasteiger partial charge is 0.495 e. The summed E-state index contributed by atoms with van der Waals surface area (Å²) in [6.07, 6.45) is 0.868. The van der Waals surface area contributed by atoms with Gasteiger partial charge in [-0.3, -0.25) is 4.79 Å². The van der Waals surface area contributed by atoms with Crippen molar-refractivity contribution in [2.75, 3.05) is 25.1 Å². The molecular formula is C19H20N4O3. The molecule has 1 atom stereocenters. The number of ether oxygens (including phenoxy) is 1. The molecule has 26 heavy (non-hydrogen) atoms. The zero-order valence-electron chi connectivity index (χ0n) is 14.4. The topological polar surface area (TPSA) is 90.2 Å². The van der Waals surface area contributed by atoms with E-state index in [1.807, 2.05) is 24.3 Å². The fraction of sp³-hybridized carbons (Fsp3) is 0.263. The summed E-state index contributed by atoms with van der Waals surface area (Å²) in [4.78, 5) is 31.5. The number of rotatable bonds is 4. The molecule has 0 bridgehead atoms. The standard InChI is InChI=1S/C19H20N4O3/c1-26-17-5-3-2-4-16(17)23-9-8-13(11-23)20-18(24)12-6-7-14-15(10-12)22-19(25)21-14/h2-7,10,13H,8-9,11H2,1H3,(H,20,24)(H2,21,22,25). The Hall–Kier alpha value is -3.22. The van der Waals surface area contributed by atoms with Crippen LogP contribution in [0, 0.1) is 0 Å². The van der Waals surface area contributed by atoms with Crippen molar-refractivity contribution in [1.82, 2.24) is 15.3 Å². The van der Waals surface area contributed by atoms with Gasteiger partial charge in [-0.2, -0.15) is 0 Å². The molecule has 7 heteroatoms. The summed E-state index contributed by atoms with van der Waals surface area (Å²) in [6.45, 7) is 1.59. The van der Waals surface area contributed by atoms with Gasteiger partial charge in [-0.25, -0.2) is 4.79 Å². The molecule has 1 aliphatic heterocycles. The summed E-state index contributed by atoms with van der Waals surface area (Å²) in [6, 6.07) is 13.1. The quantitative estimate of drug-likeness (QED) is 0.669. The maximum absolute atomic E-state index is 12.6. The average Bonchev–Trinajstić information content (AvgIpc) is 3.26. The van der Waals surface area contributed by atoms with Crippen molar-refractivity contribution in [2.24, 2.45) is 0 Å². The number of hydrogen-bond acceptors (Lipinski definition) is 4. The number of aromatic nitrogens is 2. The van der Waals surface area contributed by atoms with Gasteiger partial charge >= 0.3 is 5.69 Å². The molecule has 7 nitrogen and oxygen atoms in total. The van der Waals surface area contributed by atoms with Gasteiger partial charge < -0.3 is 24.9 Å². The fourth-order valence-corrected chi connectivity index (χ4v) is 3.43. The van der Waals surface area contributed by atoms with E-state index in [4.69, 9.17) is 4.74 Å². The first-order chi connectivity index (χ1) is 12.6. The molecule has 1 fully saturated rings. The number of carbonyl (C=O) groups is 1. The molecule has 1 aromatic heterocycles. The predicted molar refractivity (Wildman–Crippen MR) is 100.0 cm³/mol. The van der Waals surface area contributed by atoms with E-state index >= 15 is 0 Å². The van der Waals surface area contributed by atoms with Gasteiger partial charge in [0, 0.05) is 24.7 Å². The SMILES string of the molecule is COc1ccccc1N1CCC(NC(=O)c2ccc3[nH]c(=O)[nH]c3c2)C1. The number of H-pyrrole nitrogens is 2. The lowest BCUT2D eigenvalue weighted by atomic mass is 10.1. The Morgan fingerprint density at radius 1 is 1.19 bits per heavy atom. The molecule has 1 amide bonds. The highest BCUT2D eigenvalue weighted by molar-refractivity contribution is 5.97. The highest BCUT2D eigenvalue weighted by atomic mass is 16.5. The minimum Gasteiger partial charge on any atom is -0.495 e. The summed E-state index contributed by atoms with van der Waals surface area (Å²) in [7, 11) is 1.66. The van der Waals surface area contributed by atoms with Crippen LogP contribution < -0.4 is 20.6 Å². The average molecular weight is 352 g/mol. The molecule has 3 N–H and O–H groups in total. The van der Waals surface area contributed by atoms with Crippen LogP contribution in [0.3, 0.4) is 0 Å². The Balaban J connectivity index is 1.45. The second kappa shape index (κ2) is 6.59. The number of fused-ring (bicyclic) bond motifs is 1. The number of anilines is 1. The van der Waals surface area contributed by atoms with Crippen LogP contribution in [0.25, 0.3) is 11.0 Å². The van der Waals surface area contributed by atoms with E-state index in [9.17, 15) is 9.59 Å². The van der Waals surface area contributed by atoms with Gasteiger partial charge in [0.1, 0.15) is 5.75 Å². The highest BCUT2D eigenvalue weighted by Crippen LogP contribution is 2.30. The first-order valence-corrected chi connectivity index (χ1v) is 8.55. The maximum atomic E-state index is 12.6. The van der Waals surface area contributed by atoms with Crippen molar-refractivity contribution < 1.29 is 9.53 Å². The Kier molecular flexibility index (Phi) is 4.12. The van der Waals surface area contributed by atoms with Crippen molar-refractivity contribution in [2.45, 2.75) is 12.5 Å². The third-order valence-corrected chi connectivity index (χ3v) is 4.73. The van der Waals surface area contributed by atoms with Gasteiger partial charge in [-0.1, -0.05) is 12.1 Å². The van der Waals surface area contributed by atoms with Crippen LogP contribution in [0.5, 0.6) is 5.75 Å². The van der Waals surface area contributed by atoms with Gasteiger partial charge in [0.2, 0.25) is 0 Å². The lowest BCUT2D eigenvalue weighted by molar-refractivity contribution is 0.0940. The number of benzene rings is 2. The van der Waals surface area contributed by atoms with Crippen LogP contribution in [0.2, 0.25) is 0 Å². The minimum atomic E-state index is -0.277. The molecule has 2 aromatic carbocycles. The zero-order chi connectivity index (χ0) is 18.1. The molecule has 134 valence electrons. The van der Waals surface area contributed by atoms with Gasteiger partial charge in [0.05, 0.1) is 23.8 Å². The van der Waals surface area contributed by atoms with Crippen molar-refractivity contribution >= 4 is 22.6 Å². The summed E-state index contributed by atoms with van der Waals surface area (Å²) in [5.74, 6) is 0.696. The first-order valence-electron chi connectivity index (χ1n) is 8.55. The lowest BCUT2D eigenvalue weighted by Gasteiger charge is -2.21. The number of carbonyl (C=O) groups excluding carboxylic acids is 1. The van der Waals surface area contributed by atoms with E-state index in [1.165, 1.54) is 0 Å². The molecule has 0 aliphatic carbocycles. The normalized spacial score (nSPS) is 16.8. The number of nitrogens with one attached hydrogen (secondary N) is 3. The van der Waals surface area contributed by atoms with Crippen molar-refractivity contribution in [3.8, 4) is 5.75 Å². The molecule has 0 radical (unpaired) electrons. The Morgan fingerprint density at radius 3 is 2.85 bits per heavy atom. The van der Waals surface area contributed by atoms with Crippen LogP contribution in [0.4, 0.5) is 5.69 Å². The molecule has 3 aromatic rings. The second-order valence-corrected chi connectivity index (χ2v) is 6.42. The summed E-state index contributed by atoms with van der Waals surface area (Å²) in [5, 5.41) is 3.08. The Morgan fingerprint density at radius 2 is 2.00 bits per heavy atom. The Labute approximate surface area is 150 Å². The lowest BCUT2D eigenvalue weighted by Crippen LogP contribution is -2.37. The maximum Gasteiger partial charge on any atom is 0.323 e. The highest BCUT2D eigenvalue weighted by Gasteiger charge is 2.26. The third kappa shape index (κ3) is 3.03. The molecule has 1 aliphatic rings. The molecular weight excluding hydrogens is 332 g/mol. The predicted octanol–water partition coefficient (Wildman–Crippen LogP) is 1.87. The van der Waals surface area contributed by atoms with Crippen LogP contribution >= 0.6 is 0 Å². The minimum absolute atomic E-state index is 0.0633. The molecule has 1 saturated heterocycles. The van der Waals surface area contributed by atoms with E-state index in [0.29, 0.717) is 16.6 Å². The smallest absolute Gasteiger partial charge is 0.323 e. The molecule has 4 rings (SSSR count). The summed E-state index contributed by atoms with van der Waals surface area (Å²) in [5.41, 5.74) is 2.61. The van der Waals surface area contributed by atoms with E-state index in [-0.39, 0.29) is 17.6 Å². The van der Waals surface area contributed by atoms with Gasteiger partial charge in [0.15, 0.2) is 0 Å². The Bertz CT molecular complexity index is 1010. The van der Waals surface area contributed by atoms with E-state index in [2.05, 4.69) is 20.2 Å². The van der Waals surface area contributed by atoms with Gasteiger partial charge in [-0.05, 0) is 36.8 Å². The van der Waals surface area contributed by atoms with Crippen molar-refractivity contribution in [3.05, 3.63) is 58.5 Å². The van der Waals surface area contributed by atoms with Crippen LogP contribution in [-0.2, 0) is 0 Å². The summed E-state index contributed by atoms with van der Waals surface area (Å²) < 4.78 is 5.43. The van der Waals surface area contributed by atoms with E-state index < -0.39 is 0 Å². The number of methoxy groups -OCH3 is 1. The molecule has 0 saturated carbocycles. The van der Waals surface area contributed by atoms with E-state index in [0.717, 1.165) is 30.9 Å². The number of aromatic amines is 2. The number of imidazole rings is 1. The van der Waals surface area contributed by atoms with Crippen LogP contribution in [0.15, 0.2) is 47.3 Å². The molecule has 0 spiro atoms. The van der Waals surface area contributed by atoms with Crippen molar-refractivity contribution in [3.63, 3.8) is 0 Å². The monoisotopic (exact) mass is 352 g/mol. The first kappa shape index (κ1) is 16.3. The number of nitrogens with zero attached hydrogens (tertiary/aromatic N) is 1. The molecule has 2 heterocycles. The van der Waals surface area contributed by atoms with Crippen LogP contribution in [-0.4, -0.2) is 42.1 Å². The molecule has 1 unspecified atom stereocenters. The second-order valence-electron chi connectivity index (χ2n) is 6.42. The number of para-hydroxylation sites is 2. The number of hydrogen-bond donors (Lipinski definition) is 3. The summed E-state index contributed by atoms with van der Waals surface area (Å²) >= 11 is 0. The van der Waals surface area contributed by atoms with Gasteiger partial charge in [0.25, 0.3) is 5.91 Å². The van der Waals surface area contributed by atoms with Gasteiger partial charge in [-0.15, -0.1) is 0 Å². The van der Waals surface area contributed by atoms with E-state index in [1.54, 1.807) is 25.3 Å². The third-order valence-electron chi connectivity index (χ3n) is 4.73. The number of amides is 1. The zero-order valence-corrected chi connectivity index (χ0v) is 14.4. The van der Waals surface area contributed by atoms with Crippen molar-refractivity contribution in [1.29, 1.82) is 0 Å².